The fourth-order valence-corrected chi connectivity index (χ4v) is 4.14. The number of rotatable bonds is 4. The smallest absolute Gasteiger partial charge is 0.102 e. The Labute approximate surface area is 149 Å². The molecule has 4 rings (SSSR count). The van der Waals surface area contributed by atoms with Crippen LogP contribution in [0.4, 0.5) is 0 Å². The summed E-state index contributed by atoms with van der Waals surface area (Å²) in [6, 6.07) is 8.44. The van der Waals surface area contributed by atoms with E-state index in [4.69, 9.17) is 4.74 Å². The number of nitrogens with zero attached hydrogens (tertiary/aromatic N) is 4. The van der Waals surface area contributed by atoms with Crippen LogP contribution in [0.2, 0.25) is 0 Å². The second kappa shape index (κ2) is 7.57. The highest BCUT2D eigenvalue weighted by Crippen LogP contribution is 2.24. The Morgan fingerprint density at radius 1 is 1.08 bits per heavy atom. The second-order valence-electron chi connectivity index (χ2n) is 7.27. The SMILES string of the molecule is N#Cc1c(CN2CCC(CN3CCOCC3)CC2)cn2ccccc12. The van der Waals surface area contributed by atoms with Gasteiger partial charge in [-0.2, -0.15) is 5.26 Å². The Balaban J connectivity index is 1.35. The molecule has 0 aromatic carbocycles. The zero-order valence-corrected chi connectivity index (χ0v) is 14.7. The first kappa shape index (κ1) is 16.6. The average Bonchev–Trinajstić information content (AvgIpc) is 3.01. The molecule has 132 valence electrons. The standard InChI is InChI=1S/C20H26N4O/c21-13-19-18(16-24-6-2-1-3-20(19)24)15-22-7-4-17(5-8-22)14-23-9-11-25-12-10-23/h1-3,6,16-17H,4-5,7-12,14-15H2. The molecular weight excluding hydrogens is 312 g/mol. The van der Waals surface area contributed by atoms with Crippen LogP contribution in [-0.4, -0.2) is 60.1 Å². The summed E-state index contributed by atoms with van der Waals surface area (Å²) < 4.78 is 7.51. The van der Waals surface area contributed by atoms with E-state index in [9.17, 15) is 5.26 Å². The van der Waals surface area contributed by atoms with Crippen LogP contribution in [0.5, 0.6) is 0 Å². The Morgan fingerprint density at radius 2 is 1.88 bits per heavy atom. The molecule has 0 spiro atoms. The van der Waals surface area contributed by atoms with E-state index in [1.807, 2.05) is 24.4 Å². The highest BCUT2D eigenvalue weighted by molar-refractivity contribution is 5.65. The number of likely N-dealkylation sites (tertiary alicyclic amines) is 1. The van der Waals surface area contributed by atoms with Gasteiger partial charge in [0, 0.05) is 44.1 Å². The van der Waals surface area contributed by atoms with Gasteiger partial charge in [-0.15, -0.1) is 0 Å². The van der Waals surface area contributed by atoms with Crippen LogP contribution in [0.25, 0.3) is 5.52 Å². The maximum absolute atomic E-state index is 9.56. The van der Waals surface area contributed by atoms with Gasteiger partial charge in [0.15, 0.2) is 0 Å². The number of piperidine rings is 1. The fraction of sp³-hybridized carbons (Fsp3) is 0.550. The predicted octanol–water partition coefficient (Wildman–Crippen LogP) is 2.36. The third-order valence-electron chi connectivity index (χ3n) is 5.60. The molecule has 0 bridgehead atoms. The van der Waals surface area contributed by atoms with E-state index in [2.05, 4.69) is 26.5 Å². The van der Waals surface area contributed by atoms with Gasteiger partial charge in [0.05, 0.1) is 24.3 Å². The Kier molecular flexibility index (Phi) is 5.02. The molecule has 2 aliphatic rings. The number of ether oxygens (including phenoxy) is 1. The molecule has 5 nitrogen and oxygen atoms in total. The van der Waals surface area contributed by atoms with Gasteiger partial charge in [-0.1, -0.05) is 6.07 Å². The first-order valence-electron chi connectivity index (χ1n) is 9.34. The summed E-state index contributed by atoms with van der Waals surface area (Å²) in [5, 5.41) is 9.56. The van der Waals surface area contributed by atoms with Gasteiger partial charge < -0.3 is 9.14 Å². The molecule has 0 radical (unpaired) electrons. The lowest BCUT2D eigenvalue weighted by Gasteiger charge is -2.36. The molecule has 0 unspecified atom stereocenters. The molecule has 0 amide bonds. The lowest BCUT2D eigenvalue weighted by Crippen LogP contribution is -2.42. The van der Waals surface area contributed by atoms with Gasteiger partial charge >= 0.3 is 0 Å². The largest absolute Gasteiger partial charge is 0.379 e. The summed E-state index contributed by atoms with van der Waals surface area (Å²) in [7, 11) is 0. The molecule has 0 atom stereocenters. The summed E-state index contributed by atoms with van der Waals surface area (Å²) in [5.41, 5.74) is 3.00. The maximum atomic E-state index is 9.56. The molecule has 2 aromatic heterocycles. The van der Waals surface area contributed by atoms with Crippen molar-refractivity contribution in [1.29, 1.82) is 5.26 Å². The van der Waals surface area contributed by atoms with Gasteiger partial charge in [-0.05, 0) is 44.0 Å². The zero-order chi connectivity index (χ0) is 17.1. The molecule has 0 aliphatic carbocycles. The summed E-state index contributed by atoms with van der Waals surface area (Å²) in [5.74, 6) is 0.804. The fourth-order valence-electron chi connectivity index (χ4n) is 4.14. The minimum atomic E-state index is 0.804. The highest BCUT2D eigenvalue weighted by atomic mass is 16.5. The van der Waals surface area contributed by atoms with Crippen molar-refractivity contribution >= 4 is 5.52 Å². The van der Waals surface area contributed by atoms with Crippen LogP contribution in [0, 0.1) is 17.2 Å². The van der Waals surface area contributed by atoms with Crippen molar-refractivity contribution in [1.82, 2.24) is 14.2 Å². The molecule has 2 aromatic rings. The lowest BCUT2D eigenvalue weighted by atomic mass is 9.95. The van der Waals surface area contributed by atoms with E-state index < -0.39 is 0 Å². The minimum absolute atomic E-state index is 0.804. The average molecular weight is 338 g/mol. The molecule has 4 heterocycles. The number of nitriles is 1. The number of fused-ring (bicyclic) bond motifs is 1. The maximum Gasteiger partial charge on any atom is 0.102 e. The van der Waals surface area contributed by atoms with Crippen molar-refractivity contribution in [2.75, 3.05) is 45.9 Å². The van der Waals surface area contributed by atoms with Gasteiger partial charge in [0.1, 0.15) is 6.07 Å². The summed E-state index contributed by atoms with van der Waals surface area (Å²) in [6.45, 7) is 8.31. The van der Waals surface area contributed by atoms with Crippen molar-refractivity contribution in [3.8, 4) is 6.07 Å². The molecule has 0 saturated carbocycles. The minimum Gasteiger partial charge on any atom is -0.379 e. The van der Waals surface area contributed by atoms with Crippen molar-refractivity contribution in [3.63, 3.8) is 0 Å². The van der Waals surface area contributed by atoms with Gasteiger partial charge in [0.2, 0.25) is 0 Å². The monoisotopic (exact) mass is 338 g/mol. The Hall–Kier alpha value is -1.87. The first-order chi connectivity index (χ1) is 12.3. The van der Waals surface area contributed by atoms with Crippen molar-refractivity contribution in [2.45, 2.75) is 19.4 Å². The lowest BCUT2D eigenvalue weighted by molar-refractivity contribution is 0.0242. The number of morpholine rings is 1. The normalized spacial score (nSPS) is 20.8. The van der Waals surface area contributed by atoms with Crippen LogP contribution in [0.3, 0.4) is 0 Å². The molecular formula is C20H26N4O. The number of pyridine rings is 1. The third-order valence-corrected chi connectivity index (χ3v) is 5.60. The molecule has 2 fully saturated rings. The Morgan fingerprint density at radius 3 is 2.64 bits per heavy atom. The highest BCUT2D eigenvalue weighted by Gasteiger charge is 2.23. The van der Waals surface area contributed by atoms with Crippen molar-refractivity contribution in [3.05, 3.63) is 41.7 Å². The molecule has 2 aliphatic heterocycles. The van der Waals surface area contributed by atoms with Crippen LogP contribution >= 0.6 is 0 Å². The van der Waals surface area contributed by atoms with Gasteiger partial charge in [0.25, 0.3) is 0 Å². The summed E-state index contributed by atoms with van der Waals surface area (Å²) in [4.78, 5) is 5.06. The van der Waals surface area contributed by atoms with Crippen molar-refractivity contribution in [2.24, 2.45) is 5.92 Å². The van der Waals surface area contributed by atoms with Crippen LogP contribution < -0.4 is 0 Å². The Bertz CT molecular complexity index is 749. The number of hydrogen-bond donors (Lipinski definition) is 0. The topological polar surface area (TPSA) is 43.9 Å². The zero-order valence-electron chi connectivity index (χ0n) is 14.7. The van der Waals surface area contributed by atoms with Crippen LogP contribution in [-0.2, 0) is 11.3 Å². The van der Waals surface area contributed by atoms with Crippen molar-refractivity contribution < 1.29 is 4.74 Å². The van der Waals surface area contributed by atoms with E-state index in [-0.39, 0.29) is 0 Å². The second-order valence-corrected chi connectivity index (χ2v) is 7.27. The first-order valence-corrected chi connectivity index (χ1v) is 9.34. The van der Waals surface area contributed by atoms with E-state index in [1.165, 1.54) is 19.4 Å². The predicted molar refractivity (Wildman–Crippen MR) is 97.4 cm³/mol. The van der Waals surface area contributed by atoms with E-state index in [0.29, 0.717) is 0 Å². The number of aromatic nitrogens is 1. The van der Waals surface area contributed by atoms with Crippen LogP contribution in [0.15, 0.2) is 30.6 Å². The molecule has 2 saturated heterocycles. The van der Waals surface area contributed by atoms with E-state index in [0.717, 1.165) is 68.5 Å². The van der Waals surface area contributed by atoms with E-state index in [1.54, 1.807) is 0 Å². The summed E-state index contributed by atoms with van der Waals surface area (Å²) >= 11 is 0. The summed E-state index contributed by atoms with van der Waals surface area (Å²) in [6.07, 6.45) is 6.65. The van der Waals surface area contributed by atoms with Gasteiger partial charge in [-0.3, -0.25) is 9.80 Å². The number of hydrogen-bond acceptors (Lipinski definition) is 4. The van der Waals surface area contributed by atoms with E-state index >= 15 is 0 Å². The van der Waals surface area contributed by atoms with Crippen LogP contribution in [0.1, 0.15) is 24.0 Å². The molecule has 5 heteroatoms. The molecule has 25 heavy (non-hydrogen) atoms. The van der Waals surface area contributed by atoms with Gasteiger partial charge in [-0.25, -0.2) is 0 Å². The third kappa shape index (κ3) is 3.72. The quantitative estimate of drug-likeness (QED) is 0.858. The molecule has 0 N–H and O–H groups in total.